The van der Waals surface area contributed by atoms with Crippen molar-refractivity contribution in [3.63, 3.8) is 0 Å². The third-order valence-electron chi connectivity index (χ3n) is 4.28. The third kappa shape index (κ3) is 4.02. The van der Waals surface area contributed by atoms with E-state index in [1.54, 1.807) is 26.3 Å². The first-order valence-electron chi connectivity index (χ1n) is 8.62. The van der Waals surface area contributed by atoms with Crippen molar-refractivity contribution in [2.45, 2.75) is 45.4 Å². The van der Waals surface area contributed by atoms with E-state index in [4.69, 9.17) is 9.47 Å². The minimum absolute atomic E-state index is 0.268. The molecule has 0 unspecified atom stereocenters. The first-order valence-corrected chi connectivity index (χ1v) is 8.62. The summed E-state index contributed by atoms with van der Waals surface area (Å²) < 4.78 is 12.4. The van der Waals surface area contributed by atoms with Crippen LogP contribution in [0.25, 0.3) is 10.9 Å². The number of benzene rings is 1. The Morgan fingerprint density at radius 2 is 1.83 bits per heavy atom. The van der Waals surface area contributed by atoms with Crippen LogP contribution in [0.3, 0.4) is 0 Å². The average Bonchev–Trinajstić information content (AvgIpc) is 2.61. The van der Waals surface area contributed by atoms with Crippen LogP contribution in [0.1, 0.15) is 45.4 Å². The Bertz CT molecular complexity index is 736. The normalized spacial score (nSPS) is 11.0. The minimum Gasteiger partial charge on any atom is -0.500 e. The number of aromatic nitrogens is 1. The molecule has 1 aromatic carbocycles. The molecule has 0 spiro atoms. The predicted molar refractivity (Wildman–Crippen MR) is 96.3 cm³/mol. The van der Waals surface area contributed by atoms with Gasteiger partial charge in [-0.3, -0.25) is 4.79 Å². The maximum absolute atomic E-state index is 12.2. The number of aromatic hydroxyl groups is 1. The van der Waals surface area contributed by atoms with Gasteiger partial charge in [0, 0.05) is 18.5 Å². The summed E-state index contributed by atoms with van der Waals surface area (Å²) in [6.45, 7) is 2.69. The monoisotopic (exact) mass is 333 g/mol. The quantitative estimate of drug-likeness (QED) is 0.705. The summed E-state index contributed by atoms with van der Waals surface area (Å²) in [4.78, 5) is 12.2. The molecule has 0 saturated carbocycles. The van der Waals surface area contributed by atoms with Crippen LogP contribution in [0.2, 0.25) is 0 Å². The van der Waals surface area contributed by atoms with E-state index in [-0.39, 0.29) is 11.5 Å². The Kier molecular flexibility index (Phi) is 6.53. The molecule has 5 heteroatoms. The highest BCUT2D eigenvalue weighted by Gasteiger charge is 2.16. The van der Waals surface area contributed by atoms with Gasteiger partial charge in [0.2, 0.25) is 5.75 Å². The highest BCUT2D eigenvalue weighted by molar-refractivity contribution is 5.88. The van der Waals surface area contributed by atoms with E-state index in [2.05, 4.69) is 6.92 Å². The van der Waals surface area contributed by atoms with Crippen LogP contribution >= 0.6 is 0 Å². The first-order chi connectivity index (χ1) is 11.6. The van der Waals surface area contributed by atoms with Crippen molar-refractivity contribution in [1.82, 2.24) is 4.57 Å². The number of fused-ring (bicyclic) bond motifs is 1. The molecule has 0 saturated heterocycles. The molecule has 132 valence electrons. The number of ether oxygens (including phenoxy) is 2. The zero-order chi connectivity index (χ0) is 17.5. The molecule has 0 aliphatic rings. The minimum atomic E-state index is -0.464. The van der Waals surface area contributed by atoms with Crippen LogP contribution in [0.5, 0.6) is 17.2 Å². The van der Waals surface area contributed by atoms with E-state index in [0.717, 1.165) is 12.8 Å². The van der Waals surface area contributed by atoms with Gasteiger partial charge in [0.25, 0.3) is 5.56 Å². The molecule has 2 rings (SSSR count). The fourth-order valence-corrected chi connectivity index (χ4v) is 2.80. The highest BCUT2D eigenvalue weighted by Crippen LogP contribution is 2.33. The highest BCUT2D eigenvalue weighted by atomic mass is 16.5. The molecule has 5 nitrogen and oxygen atoms in total. The Hall–Kier alpha value is -2.17. The fraction of sp³-hybridized carbons (Fsp3) is 0.526. The first kappa shape index (κ1) is 18.2. The van der Waals surface area contributed by atoms with Crippen LogP contribution in [0.4, 0.5) is 0 Å². The van der Waals surface area contributed by atoms with E-state index < -0.39 is 5.56 Å². The maximum Gasteiger partial charge on any atom is 0.296 e. The summed E-state index contributed by atoms with van der Waals surface area (Å²) in [6, 6.07) is 5.38. The second-order valence-electron chi connectivity index (χ2n) is 6.04. The predicted octanol–water partition coefficient (Wildman–Crippen LogP) is 3.99. The Morgan fingerprint density at radius 1 is 1.12 bits per heavy atom. The molecule has 0 fully saturated rings. The van der Waals surface area contributed by atoms with E-state index in [9.17, 15) is 9.90 Å². The number of nitrogens with zero attached hydrogens (tertiary/aromatic N) is 1. The van der Waals surface area contributed by atoms with Crippen molar-refractivity contribution < 1.29 is 14.6 Å². The molecule has 0 aliphatic carbocycles. The Balaban J connectivity index is 2.16. The molecular formula is C19H27NO4. The third-order valence-corrected chi connectivity index (χ3v) is 4.28. The SMILES string of the molecule is CCCCCCCCOc1c(O)c(=O)n(C)c2cc(OC)ccc12. The zero-order valence-electron chi connectivity index (χ0n) is 14.8. The van der Waals surface area contributed by atoms with Gasteiger partial charge in [-0.1, -0.05) is 39.0 Å². The van der Waals surface area contributed by atoms with Crippen LogP contribution in [0.15, 0.2) is 23.0 Å². The number of hydrogen-bond acceptors (Lipinski definition) is 4. The van der Waals surface area contributed by atoms with Gasteiger partial charge in [-0.25, -0.2) is 0 Å². The van der Waals surface area contributed by atoms with Crippen molar-refractivity contribution in [1.29, 1.82) is 0 Å². The Labute approximate surface area is 142 Å². The van der Waals surface area contributed by atoms with Crippen LogP contribution in [0, 0.1) is 0 Å². The second-order valence-corrected chi connectivity index (χ2v) is 6.04. The average molecular weight is 333 g/mol. The molecule has 0 atom stereocenters. The van der Waals surface area contributed by atoms with E-state index in [1.165, 1.54) is 30.3 Å². The topological polar surface area (TPSA) is 60.7 Å². The lowest BCUT2D eigenvalue weighted by Gasteiger charge is -2.14. The van der Waals surface area contributed by atoms with Gasteiger partial charge in [0.1, 0.15) is 5.75 Å². The molecule has 0 bridgehead atoms. The number of methoxy groups -OCH3 is 1. The Morgan fingerprint density at radius 3 is 2.54 bits per heavy atom. The van der Waals surface area contributed by atoms with Gasteiger partial charge in [-0.05, 0) is 18.6 Å². The summed E-state index contributed by atoms with van der Waals surface area (Å²) in [5, 5.41) is 10.9. The van der Waals surface area contributed by atoms with Gasteiger partial charge < -0.3 is 19.1 Å². The van der Waals surface area contributed by atoms with Crippen molar-refractivity contribution in [3.8, 4) is 17.2 Å². The summed E-state index contributed by atoms with van der Waals surface area (Å²) in [5.74, 6) is 0.593. The zero-order valence-corrected chi connectivity index (χ0v) is 14.8. The van der Waals surface area contributed by atoms with E-state index in [1.807, 2.05) is 6.07 Å². The van der Waals surface area contributed by atoms with Crippen LogP contribution in [-0.2, 0) is 7.05 Å². The number of hydrogen-bond donors (Lipinski definition) is 1. The molecule has 0 radical (unpaired) electrons. The maximum atomic E-state index is 12.2. The second kappa shape index (κ2) is 8.62. The van der Waals surface area contributed by atoms with Crippen molar-refractivity contribution in [2.24, 2.45) is 7.05 Å². The largest absolute Gasteiger partial charge is 0.500 e. The number of aryl methyl sites for hydroxylation is 1. The van der Waals surface area contributed by atoms with Crippen LogP contribution < -0.4 is 15.0 Å². The molecule has 2 aromatic rings. The molecule has 24 heavy (non-hydrogen) atoms. The molecular weight excluding hydrogens is 306 g/mol. The molecule has 1 N–H and O–H groups in total. The van der Waals surface area contributed by atoms with Gasteiger partial charge in [-0.2, -0.15) is 0 Å². The summed E-state index contributed by atoms with van der Waals surface area (Å²) in [7, 11) is 3.21. The lowest BCUT2D eigenvalue weighted by molar-refractivity contribution is 0.290. The lowest BCUT2D eigenvalue weighted by atomic mass is 10.1. The standard InChI is InChI=1S/C19H27NO4/c1-4-5-6-7-8-9-12-24-18-15-11-10-14(23-3)13-16(15)20(2)19(22)17(18)21/h10-11,13,21H,4-9,12H2,1-3H3. The molecule has 1 heterocycles. The van der Waals surface area contributed by atoms with Crippen molar-refractivity contribution in [2.75, 3.05) is 13.7 Å². The van der Waals surface area contributed by atoms with Gasteiger partial charge >= 0.3 is 0 Å². The number of rotatable bonds is 9. The van der Waals surface area contributed by atoms with E-state index in [0.29, 0.717) is 23.3 Å². The number of pyridine rings is 1. The molecule has 0 aliphatic heterocycles. The number of unbranched alkanes of at least 4 members (excludes halogenated alkanes) is 5. The summed E-state index contributed by atoms with van der Waals surface area (Å²) in [5.41, 5.74) is 0.212. The fourth-order valence-electron chi connectivity index (χ4n) is 2.80. The van der Waals surface area contributed by atoms with Gasteiger partial charge in [0.15, 0.2) is 5.75 Å². The van der Waals surface area contributed by atoms with Crippen molar-refractivity contribution >= 4 is 10.9 Å². The lowest BCUT2D eigenvalue weighted by Crippen LogP contribution is -2.18. The van der Waals surface area contributed by atoms with Gasteiger partial charge in [0.05, 0.1) is 19.2 Å². The van der Waals surface area contributed by atoms with E-state index >= 15 is 0 Å². The molecule has 1 aromatic heterocycles. The smallest absolute Gasteiger partial charge is 0.296 e. The van der Waals surface area contributed by atoms with Crippen molar-refractivity contribution in [3.05, 3.63) is 28.6 Å². The molecule has 0 amide bonds. The summed E-state index contributed by atoms with van der Waals surface area (Å²) >= 11 is 0. The van der Waals surface area contributed by atoms with Gasteiger partial charge in [-0.15, -0.1) is 0 Å². The summed E-state index contributed by atoms with van der Waals surface area (Å²) in [6.07, 6.45) is 6.94. The van der Waals surface area contributed by atoms with Crippen LogP contribution in [-0.4, -0.2) is 23.4 Å².